The number of aromatic nitrogens is 2. The first-order valence-corrected chi connectivity index (χ1v) is 8.75. The number of aryl methyl sites for hydroxylation is 1. The van der Waals surface area contributed by atoms with Crippen molar-refractivity contribution in [3.8, 4) is 5.75 Å². The molecule has 1 aliphatic rings. The van der Waals surface area contributed by atoms with Crippen LogP contribution in [0.4, 0.5) is 0 Å². The van der Waals surface area contributed by atoms with E-state index in [1.165, 1.54) is 6.07 Å². The summed E-state index contributed by atoms with van der Waals surface area (Å²) in [6, 6.07) is 4.56. The quantitative estimate of drug-likeness (QED) is 0.785. The van der Waals surface area contributed by atoms with Crippen LogP contribution in [0, 0.1) is 6.92 Å². The van der Waals surface area contributed by atoms with Crippen LogP contribution in [0.25, 0.3) is 0 Å². The van der Waals surface area contributed by atoms with Crippen LogP contribution >= 0.6 is 10.7 Å². The lowest BCUT2D eigenvalue weighted by molar-refractivity contribution is 0.242. The summed E-state index contributed by atoms with van der Waals surface area (Å²) in [6.07, 6.45) is 2.21. The Labute approximate surface area is 126 Å². The van der Waals surface area contributed by atoms with Crippen molar-refractivity contribution < 1.29 is 17.7 Å². The van der Waals surface area contributed by atoms with Gasteiger partial charge in [-0.3, -0.25) is 0 Å². The van der Waals surface area contributed by atoms with E-state index in [1.807, 2.05) is 0 Å². The van der Waals surface area contributed by atoms with Gasteiger partial charge in [0, 0.05) is 16.6 Å². The van der Waals surface area contributed by atoms with E-state index in [1.54, 1.807) is 19.1 Å². The molecule has 1 fully saturated rings. The molecule has 0 radical (unpaired) electrons. The summed E-state index contributed by atoms with van der Waals surface area (Å²) in [6.45, 7) is 1.80. The van der Waals surface area contributed by atoms with E-state index in [0.717, 1.165) is 18.7 Å². The van der Waals surface area contributed by atoms with Crippen LogP contribution in [0.1, 0.15) is 36.0 Å². The van der Waals surface area contributed by atoms with Crippen LogP contribution in [0.5, 0.6) is 5.75 Å². The SMILES string of the molecule is Cc1cc(OCc2nc(C3CC3)no2)ccc1S(=O)(=O)Cl. The van der Waals surface area contributed by atoms with Crippen molar-refractivity contribution in [2.45, 2.75) is 37.2 Å². The molecule has 1 aromatic carbocycles. The Morgan fingerprint density at radius 2 is 2.19 bits per heavy atom. The molecular formula is C13H13ClN2O4S. The predicted octanol–water partition coefficient (Wildman–Crippen LogP) is 2.76. The molecule has 0 saturated heterocycles. The van der Waals surface area contributed by atoms with Gasteiger partial charge in [0.1, 0.15) is 5.75 Å². The summed E-state index contributed by atoms with van der Waals surface area (Å²) in [5.74, 6) is 2.08. The molecule has 1 aliphatic carbocycles. The minimum atomic E-state index is -3.74. The van der Waals surface area contributed by atoms with E-state index in [0.29, 0.717) is 23.1 Å². The first-order chi connectivity index (χ1) is 9.93. The average molecular weight is 329 g/mol. The number of benzene rings is 1. The van der Waals surface area contributed by atoms with E-state index in [-0.39, 0.29) is 11.5 Å². The molecule has 0 amide bonds. The Morgan fingerprint density at radius 1 is 1.43 bits per heavy atom. The van der Waals surface area contributed by atoms with E-state index < -0.39 is 9.05 Å². The Bertz CT molecular complexity index is 768. The summed E-state index contributed by atoms with van der Waals surface area (Å²) in [5.41, 5.74) is 0.520. The normalized spacial score (nSPS) is 15.1. The van der Waals surface area contributed by atoms with Gasteiger partial charge >= 0.3 is 0 Å². The molecule has 0 bridgehead atoms. The lowest BCUT2D eigenvalue weighted by Crippen LogP contribution is -1.99. The third-order valence-electron chi connectivity index (χ3n) is 3.20. The average Bonchev–Trinajstić information content (AvgIpc) is 3.14. The highest BCUT2D eigenvalue weighted by molar-refractivity contribution is 8.13. The van der Waals surface area contributed by atoms with Gasteiger partial charge in [0.15, 0.2) is 12.4 Å². The number of hydrogen-bond donors (Lipinski definition) is 0. The molecule has 1 heterocycles. The zero-order valence-corrected chi connectivity index (χ0v) is 12.8. The summed E-state index contributed by atoms with van der Waals surface area (Å²) in [4.78, 5) is 4.32. The number of ether oxygens (including phenoxy) is 1. The molecule has 0 spiro atoms. The molecule has 1 saturated carbocycles. The van der Waals surface area contributed by atoms with E-state index >= 15 is 0 Å². The molecule has 0 aliphatic heterocycles. The van der Waals surface area contributed by atoms with Gasteiger partial charge in [-0.1, -0.05) is 5.16 Å². The van der Waals surface area contributed by atoms with Crippen molar-refractivity contribution in [2.24, 2.45) is 0 Å². The summed E-state index contributed by atoms with van der Waals surface area (Å²) in [5, 5.41) is 3.89. The van der Waals surface area contributed by atoms with Gasteiger partial charge < -0.3 is 9.26 Å². The lowest BCUT2D eigenvalue weighted by atomic mass is 10.2. The van der Waals surface area contributed by atoms with Crippen molar-refractivity contribution in [3.63, 3.8) is 0 Å². The third-order valence-corrected chi connectivity index (χ3v) is 4.68. The predicted molar refractivity (Wildman–Crippen MR) is 74.8 cm³/mol. The van der Waals surface area contributed by atoms with E-state index in [9.17, 15) is 8.42 Å². The number of halogens is 1. The van der Waals surface area contributed by atoms with Gasteiger partial charge in [-0.15, -0.1) is 0 Å². The molecule has 21 heavy (non-hydrogen) atoms. The summed E-state index contributed by atoms with van der Waals surface area (Å²) >= 11 is 0. The Morgan fingerprint density at radius 3 is 2.81 bits per heavy atom. The number of nitrogens with zero attached hydrogens (tertiary/aromatic N) is 2. The van der Waals surface area contributed by atoms with Gasteiger partial charge in [-0.25, -0.2) is 8.42 Å². The minimum absolute atomic E-state index is 0.0744. The fraction of sp³-hybridized carbons (Fsp3) is 0.385. The van der Waals surface area contributed by atoms with Gasteiger partial charge in [-0.2, -0.15) is 4.98 Å². The van der Waals surface area contributed by atoms with Gasteiger partial charge in [0.2, 0.25) is 0 Å². The molecule has 112 valence electrons. The highest BCUT2D eigenvalue weighted by atomic mass is 35.7. The van der Waals surface area contributed by atoms with Gasteiger partial charge in [-0.05, 0) is 43.5 Å². The van der Waals surface area contributed by atoms with Crippen molar-refractivity contribution in [1.29, 1.82) is 0 Å². The maximum absolute atomic E-state index is 11.3. The second-order valence-electron chi connectivity index (χ2n) is 4.97. The maximum Gasteiger partial charge on any atom is 0.264 e. The van der Waals surface area contributed by atoms with Crippen LogP contribution in [-0.2, 0) is 15.7 Å². The van der Waals surface area contributed by atoms with Crippen LogP contribution in [0.2, 0.25) is 0 Å². The fourth-order valence-corrected chi connectivity index (χ4v) is 3.16. The summed E-state index contributed by atoms with van der Waals surface area (Å²) < 4.78 is 33.2. The van der Waals surface area contributed by atoms with Gasteiger partial charge in [0.05, 0.1) is 4.90 Å². The molecule has 2 aromatic rings. The van der Waals surface area contributed by atoms with Crippen LogP contribution in [0.15, 0.2) is 27.6 Å². The standard InChI is InChI=1S/C13H13ClN2O4S/c1-8-6-10(4-5-11(8)21(14,17)18)19-7-12-15-13(16-20-12)9-2-3-9/h4-6,9H,2-3,7H2,1H3. The third kappa shape index (κ3) is 3.36. The van der Waals surface area contributed by atoms with Crippen molar-refractivity contribution in [3.05, 3.63) is 35.5 Å². The number of rotatable bonds is 5. The van der Waals surface area contributed by atoms with Gasteiger partial charge in [0.25, 0.3) is 14.9 Å². The number of hydrogen-bond acceptors (Lipinski definition) is 6. The van der Waals surface area contributed by atoms with E-state index in [2.05, 4.69) is 10.1 Å². The molecule has 6 nitrogen and oxygen atoms in total. The lowest BCUT2D eigenvalue weighted by Gasteiger charge is -2.06. The second kappa shape index (κ2) is 5.31. The first kappa shape index (κ1) is 14.3. The van der Waals surface area contributed by atoms with Crippen molar-refractivity contribution >= 4 is 19.7 Å². The van der Waals surface area contributed by atoms with Crippen molar-refractivity contribution in [2.75, 3.05) is 0 Å². The fourth-order valence-electron chi connectivity index (χ4n) is 1.96. The largest absolute Gasteiger partial charge is 0.484 e. The Balaban J connectivity index is 1.68. The van der Waals surface area contributed by atoms with Crippen LogP contribution < -0.4 is 4.74 Å². The molecule has 1 aromatic heterocycles. The monoisotopic (exact) mass is 328 g/mol. The Hall–Kier alpha value is -1.60. The maximum atomic E-state index is 11.3. The zero-order valence-electron chi connectivity index (χ0n) is 11.2. The highest BCUT2D eigenvalue weighted by Gasteiger charge is 2.28. The zero-order chi connectivity index (χ0) is 15.0. The smallest absolute Gasteiger partial charge is 0.264 e. The van der Waals surface area contributed by atoms with Crippen LogP contribution in [0.3, 0.4) is 0 Å². The molecule has 0 atom stereocenters. The van der Waals surface area contributed by atoms with E-state index in [4.69, 9.17) is 19.9 Å². The molecule has 3 rings (SSSR count). The molecule has 0 unspecified atom stereocenters. The first-order valence-electron chi connectivity index (χ1n) is 6.44. The minimum Gasteiger partial charge on any atom is -0.484 e. The van der Waals surface area contributed by atoms with Crippen molar-refractivity contribution in [1.82, 2.24) is 10.1 Å². The second-order valence-corrected chi connectivity index (χ2v) is 7.51. The highest BCUT2D eigenvalue weighted by Crippen LogP contribution is 2.38. The van der Waals surface area contributed by atoms with Crippen LogP contribution in [-0.4, -0.2) is 18.6 Å². The topological polar surface area (TPSA) is 82.3 Å². The summed E-state index contributed by atoms with van der Waals surface area (Å²) in [7, 11) is 1.58. The molecular weight excluding hydrogens is 316 g/mol. The molecule has 0 N–H and O–H groups in total. The Kier molecular flexibility index (Phi) is 3.62. The molecule has 8 heteroatoms.